The van der Waals surface area contributed by atoms with Crippen LogP contribution < -0.4 is 5.56 Å². The van der Waals surface area contributed by atoms with E-state index >= 15 is 0 Å². The Balaban J connectivity index is 2.02. The molecule has 0 amide bonds. The molecule has 3 rings (SSSR count). The van der Waals surface area contributed by atoms with Gasteiger partial charge >= 0.3 is 0 Å². The molecule has 100 valence electrons. The Labute approximate surface area is 117 Å². The lowest BCUT2D eigenvalue weighted by Crippen LogP contribution is -2.16. The second kappa shape index (κ2) is 4.86. The average Bonchev–Trinajstić information content (AvgIpc) is 2.87. The lowest BCUT2D eigenvalue weighted by molar-refractivity contribution is 0.111. The number of aromatic nitrogens is 5. The maximum Gasteiger partial charge on any atom is 0.258 e. The van der Waals surface area contributed by atoms with Gasteiger partial charge in [-0.25, -0.2) is 9.67 Å². The van der Waals surface area contributed by atoms with Crippen molar-refractivity contribution in [3.8, 4) is 0 Å². The molecule has 0 unspecified atom stereocenters. The molecule has 0 aliphatic heterocycles. The standard InChI is InChI=1S/C12H8ClN5O2/c13-8-1-2-11-14-9(3-12(20)18(11)4-8)5-17-6-10(7-19)15-16-17/h1-4,6-7H,5H2. The molecule has 0 saturated carbocycles. The minimum absolute atomic E-state index is 0.231. The average molecular weight is 290 g/mol. The molecule has 0 spiro atoms. The summed E-state index contributed by atoms with van der Waals surface area (Å²) in [7, 11) is 0. The molecule has 0 radical (unpaired) electrons. The first-order valence-electron chi connectivity index (χ1n) is 5.69. The molecule has 3 aromatic heterocycles. The Morgan fingerprint density at radius 1 is 1.30 bits per heavy atom. The second-order valence-electron chi connectivity index (χ2n) is 4.12. The maximum atomic E-state index is 12.0. The molecule has 3 aromatic rings. The van der Waals surface area contributed by atoms with Crippen LogP contribution in [0.4, 0.5) is 0 Å². The van der Waals surface area contributed by atoms with Gasteiger partial charge in [0.1, 0.15) is 11.3 Å². The molecule has 3 heterocycles. The van der Waals surface area contributed by atoms with E-state index in [0.717, 1.165) is 0 Å². The van der Waals surface area contributed by atoms with Crippen molar-refractivity contribution in [3.05, 3.63) is 57.4 Å². The van der Waals surface area contributed by atoms with Gasteiger partial charge in [0.05, 0.1) is 23.5 Å². The zero-order valence-corrected chi connectivity index (χ0v) is 10.9. The SMILES string of the molecule is O=Cc1cn(Cc2cc(=O)n3cc(Cl)ccc3n2)nn1. The van der Waals surface area contributed by atoms with Gasteiger partial charge in [0.15, 0.2) is 6.29 Å². The van der Waals surface area contributed by atoms with Crippen LogP contribution in [0, 0.1) is 0 Å². The molecule has 7 nitrogen and oxygen atoms in total. The van der Waals surface area contributed by atoms with Crippen LogP contribution in [0.15, 0.2) is 35.4 Å². The largest absolute Gasteiger partial charge is 0.296 e. The first-order valence-corrected chi connectivity index (χ1v) is 6.07. The van der Waals surface area contributed by atoms with Crippen molar-refractivity contribution in [3.63, 3.8) is 0 Å². The van der Waals surface area contributed by atoms with Crippen molar-refractivity contribution in [2.45, 2.75) is 6.54 Å². The Morgan fingerprint density at radius 3 is 2.90 bits per heavy atom. The van der Waals surface area contributed by atoms with Crippen LogP contribution in [-0.2, 0) is 6.54 Å². The molecule has 20 heavy (non-hydrogen) atoms. The van der Waals surface area contributed by atoms with Crippen molar-refractivity contribution >= 4 is 23.5 Å². The number of fused-ring (bicyclic) bond motifs is 1. The van der Waals surface area contributed by atoms with Gasteiger partial charge < -0.3 is 0 Å². The van der Waals surface area contributed by atoms with Gasteiger partial charge in [0, 0.05) is 12.3 Å². The van der Waals surface area contributed by atoms with Gasteiger partial charge in [-0.15, -0.1) is 5.10 Å². The molecule has 8 heteroatoms. The van der Waals surface area contributed by atoms with Gasteiger partial charge in [0.25, 0.3) is 5.56 Å². The van der Waals surface area contributed by atoms with E-state index < -0.39 is 0 Å². The van der Waals surface area contributed by atoms with E-state index in [0.29, 0.717) is 22.6 Å². The third-order valence-electron chi connectivity index (χ3n) is 2.68. The number of halogens is 1. The molecule has 0 N–H and O–H groups in total. The summed E-state index contributed by atoms with van der Waals surface area (Å²) in [6, 6.07) is 4.71. The van der Waals surface area contributed by atoms with Gasteiger partial charge in [-0.1, -0.05) is 16.8 Å². The zero-order valence-electron chi connectivity index (χ0n) is 10.1. The molecule has 0 saturated heterocycles. The lowest BCUT2D eigenvalue weighted by Gasteiger charge is -2.04. The normalized spacial score (nSPS) is 10.8. The number of aldehydes is 1. The monoisotopic (exact) mass is 289 g/mol. The van der Waals surface area contributed by atoms with Crippen LogP contribution in [0.2, 0.25) is 5.02 Å². The predicted molar refractivity (Wildman–Crippen MR) is 71.0 cm³/mol. The number of carbonyl (C=O) groups is 1. The van der Waals surface area contributed by atoms with Gasteiger partial charge in [-0.3, -0.25) is 14.0 Å². The van der Waals surface area contributed by atoms with Gasteiger partial charge in [-0.2, -0.15) is 0 Å². The van der Waals surface area contributed by atoms with Gasteiger partial charge in [0.2, 0.25) is 0 Å². The Hall–Kier alpha value is -2.54. The quantitative estimate of drug-likeness (QED) is 0.666. The van der Waals surface area contributed by atoms with E-state index in [-0.39, 0.29) is 17.8 Å². The van der Waals surface area contributed by atoms with Crippen molar-refractivity contribution < 1.29 is 4.79 Å². The summed E-state index contributed by atoms with van der Waals surface area (Å²) in [6.07, 6.45) is 3.60. The van der Waals surface area contributed by atoms with Crippen LogP contribution in [0.1, 0.15) is 16.2 Å². The molecule has 0 aromatic carbocycles. The summed E-state index contributed by atoms with van der Waals surface area (Å²) in [4.78, 5) is 26.8. The third-order valence-corrected chi connectivity index (χ3v) is 2.90. The highest BCUT2D eigenvalue weighted by atomic mass is 35.5. The Kier molecular flexibility index (Phi) is 3.03. The number of carbonyl (C=O) groups excluding carboxylic acids is 1. The van der Waals surface area contributed by atoms with E-state index in [1.807, 2.05) is 0 Å². The van der Waals surface area contributed by atoms with Crippen molar-refractivity contribution in [2.75, 3.05) is 0 Å². The number of rotatable bonds is 3. The number of pyridine rings is 1. The summed E-state index contributed by atoms with van der Waals surface area (Å²) in [5.41, 5.74) is 1.02. The van der Waals surface area contributed by atoms with Crippen LogP contribution in [0.3, 0.4) is 0 Å². The number of nitrogens with zero attached hydrogens (tertiary/aromatic N) is 5. The van der Waals surface area contributed by atoms with Crippen LogP contribution in [-0.4, -0.2) is 30.7 Å². The zero-order chi connectivity index (χ0) is 14.1. The maximum absolute atomic E-state index is 12.0. The van der Waals surface area contributed by atoms with Crippen LogP contribution in [0.25, 0.3) is 5.65 Å². The second-order valence-corrected chi connectivity index (χ2v) is 4.56. The van der Waals surface area contributed by atoms with Crippen molar-refractivity contribution in [1.29, 1.82) is 0 Å². The van der Waals surface area contributed by atoms with E-state index in [9.17, 15) is 9.59 Å². The molecule has 0 fully saturated rings. The summed E-state index contributed by atoms with van der Waals surface area (Å²) in [5.74, 6) is 0. The summed E-state index contributed by atoms with van der Waals surface area (Å²) < 4.78 is 2.81. The van der Waals surface area contributed by atoms with E-state index in [1.165, 1.54) is 27.5 Å². The number of hydrogen-bond donors (Lipinski definition) is 0. The first kappa shape index (κ1) is 12.5. The van der Waals surface area contributed by atoms with E-state index in [1.54, 1.807) is 12.1 Å². The molecular weight excluding hydrogens is 282 g/mol. The topological polar surface area (TPSA) is 82.2 Å². The third kappa shape index (κ3) is 2.30. The molecular formula is C12H8ClN5O2. The molecule has 0 bridgehead atoms. The predicted octanol–water partition coefficient (Wildman–Crippen LogP) is 0.800. The van der Waals surface area contributed by atoms with Crippen LogP contribution >= 0.6 is 11.6 Å². The lowest BCUT2D eigenvalue weighted by atomic mass is 10.3. The van der Waals surface area contributed by atoms with E-state index in [4.69, 9.17) is 11.6 Å². The summed E-state index contributed by atoms with van der Waals surface area (Å²) in [6.45, 7) is 0.259. The Morgan fingerprint density at radius 2 is 2.15 bits per heavy atom. The summed E-state index contributed by atoms with van der Waals surface area (Å²) in [5, 5.41) is 7.87. The van der Waals surface area contributed by atoms with Crippen LogP contribution in [0.5, 0.6) is 0 Å². The fourth-order valence-corrected chi connectivity index (χ4v) is 1.98. The molecule has 0 aliphatic rings. The van der Waals surface area contributed by atoms with E-state index in [2.05, 4.69) is 15.3 Å². The highest BCUT2D eigenvalue weighted by Gasteiger charge is 2.05. The number of hydrogen-bond acceptors (Lipinski definition) is 5. The minimum atomic E-state index is -0.233. The van der Waals surface area contributed by atoms with Gasteiger partial charge in [-0.05, 0) is 12.1 Å². The highest BCUT2D eigenvalue weighted by Crippen LogP contribution is 2.08. The fraction of sp³-hybridized carbons (Fsp3) is 0.0833. The Bertz CT molecular complexity index is 854. The van der Waals surface area contributed by atoms with Crippen molar-refractivity contribution in [2.24, 2.45) is 0 Å². The first-order chi connectivity index (χ1) is 9.65. The minimum Gasteiger partial charge on any atom is -0.296 e. The van der Waals surface area contributed by atoms with Crippen molar-refractivity contribution in [1.82, 2.24) is 24.4 Å². The molecule has 0 atom stereocenters. The summed E-state index contributed by atoms with van der Waals surface area (Å²) >= 11 is 5.84. The smallest absolute Gasteiger partial charge is 0.258 e. The fourth-order valence-electron chi connectivity index (χ4n) is 1.82. The molecule has 0 aliphatic carbocycles. The highest BCUT2D eigenvalue weighted by molar-refractivity contribution is 6.30.